The van der Waals surface area contributed by atoms with E-state index in [1.807, 2.05) is 19.1 Å². The van der Waals surface area contributed by atoms with Crippen LogP contribution in [0, 0.1) is 25.7 Å². The fourth-order valence-corrected chi connectivity index (χ4v) is 6.36. The van der Waals surface area contributed by atoms with Crippen molar-refractivity contribution in [3.63, 3.8) is 0 Å². The van der Waals surface area contributed by atoms with Crippen LogP contribution in [0.1, 0.15) is 60.5 Å². The minimum atomic E-state index is -0.498. The van der Waals surface area contributed by atoms with E-state index in [4.69, 9.17) is 4.74 Å². The molecule has 162 valence electrons. The highest BCUT2D eigenvalue weighted by Gasteiger charge is 2.59. The Morgan fingerprint density at radius 1 is 1.00 bits per heavy atom. The van der Waals surface area contributed by atoms with Crippen molar-refractivity contribution in [1.29, 1.82) is 0 Å². The molecule has 6 rings (SSSR count). The van der Waals surface area contributed by atoms with Gasteiger partial charge in [-0.15, -0.1) is 0 Å². The molecule has 0 radical (unpaired) electrons. The van der Waals surface area contributed by atoms with Gasteiger partial charge in [0.15, 0.2) is 0 Å². The molecular formula is C23H27N5O3. The van der Waals surface area contributed by atoms with Gasteiger partial charge in [-0.3, -0.25) is 4.79 Å². The minimum Gasteiger partial charge on any atom is -0.391 e. The number of carbonyl (C=O) groups is 2. The van der Waals surface area contributed by atoms with Crippen LogP contribution in [0.2, 0.25) is 0 Å². The molecule has 0 saturated heterocycles. The predicted octanol–water partition coefficient (Wildman–Crippen LogP) is 3.10. The number of pyridine rings is 1. The van der Waals surface area contributed by atoms with Crippen LogP contribution in [0.3, 0.4) is 0 Å². The maximum Gasteiger partial charge on any atom is 0.414 e. The standard InChI is InChI=1S/C23H27N5O3/c1-14-4-3-5-18(25-14)20(29)27-22-9-16-8-17(10-22)12-23(11-16,13-22)28-21(30)31-19-6-7-24-15(2)26-19/h3-7,16-17H,8-13H2,1-2H3,(H,27,29)(H,28,30). The third-order valence-corrected chi connectivity index (χ3v) is 6.88. The first-order chi connectivity index (χ1) is 14.8. The largest absolute Gasteiger partial charge is 0.414 e. The van der Waals surface area contributed by atoms with Crippen LogP contribution in [0.5, 0.6) is 5.88 Å². The number of hydrogen-bond acceptors (Lipinski definition) is 6. The Kier molecular flexibility index (Phi) is 4.68. The van der Waals surface area contributed by atoms with Crippen molar-refractivity contribution >= 4 is 12.0 Å². The molecule has 2 atom stereocenters. The molecule has 2 unspecified atom stereocenters. The molecule has 4 aliphatic rings. The van der Waals surface area contributed by atoms with E-state index in [9.17, 15) is 9.59 Å². The Bertz CT molecular complexity index is 1030. The highest BCUT2D eigenvalue weighted by atomic mass is 16.6. The van der Waals surface area contributed by atoms with Crippen LogP contribution in [-0.4, -0.2) is 38.0 Å². The molecule has 2 heterocycles. The maximum absolute atomic E-state index is 13.0. The second-order valence-electron chi connectivity index (χ2n) is 9.60. The Hall–Kier alpha value is -3.03. The van der Waals surface area contributed by atoms with Gasteiger partial charge < -0.3 is 15.4 Å². The van der Waals surface area contributed by atoms with E-state index < -0.39 is 6.09 Å². The van der Waals surface area contributed by atoms with Crippen molar-refractivity contribution < 1.29 is 14.3 Å². The van der Waals surface area contributed by atoms with Gasteiger partial charge in [0.05, 0.1) is 0 Å². The summed E-state index contributed by atoms with van der Waals surface area (Å²) in [6.07, 6.45) is 6.67. The first-order valence-corrected chi connectivity index (χ1v) is 10.9. The van der Waals surface area contributed by atoms with Crippen LogP contribution in [0.25, 0.3) is 0 Å². The summed E-state index contributed by atoms with van der Waals surface area (Å²) >= 11 is 0. The maximum atomic E-state index is 13.0. The highest BCUT2D eigenvalue weighted by Crippen LogP contribution is 2.57. The van der Waals surface area contributed by atoms with Gasteiger partial charge in [-0.1, -0.05) is 6.07 Å². The van der Waals surface area contributed by atoms with Gasteiger partial charge in [-0.05, 0) is 76.3 Å². The van der Waals surface area contributed by atoms with Crippen LogP contribution >= 0.6 is 0 Å². The molecular weight excluding hydrogens is 394 g/mol. The second-order valence-corrected chi connectivity index (χ2v) is 9.60. The smallest absolute Gasteiger partial charge is 0.391 e. The molecule has 2 N–H and O–H groups in total. The van der Waals surface area contributed by atoms with Crippen molar-refractivity contribution in [2.24, 2.45) is 11.8 Å². The molecule has 2 amide bonds. The Morgan fingerprint density at radius 2 is 1.71 bits per heavy atom. The molecule has 0 aliphatic heterocycles. The third-order valence-electron chi connectivity index (χ3n) is 6.88. The number of nitrogens with one attached hydrogen (secondary N) is 2. The predicted molar refractivity (Wildman–Crippen MR) is 113 cm³/mol. The molecule has 4 aliphatic carbocycles. The van der Waals surface area contributed by atoms with Crippen LogP contribution in [-0.2, 0) is 0 Å². The molecule has 4 fully saturated rings. The second kappa shape index (κ2) is 7.28. The van der Waals surface area contributed by atoms with E-state index in [0.29, 0.717) is 29.8 Å². The number of aryl methyl sites for hydroxylation is 2. The summed E-state index contributed by atoms with van der Waals surface area (Å²) in [7, 11) is 0. The molecule has 0 aromatic carbocycles. The van der Waals surface area contributed by atoms with E-state index in [1.165, 1.54) is 0 Å². The first kappa shape index (κ1) is 19.9. The van der Waals surface area contributed by atoms with Crippen molar-refractivity contribution in [3.8, 4) is 5.88 Å². The normalized spacial score (nSPS) is 30.6. The Morgan fingerprint density at radius 3 is 2.39 bits per heavy atom. The van der Waals surface area contributed by atoms with Crippen molar-refractivity contribution in [3.05, 3.63) is 47.7 Å². The molecule has 2 aromatic heterocycles. The lowest BCUT2D eigenvalue weighted by molar-refractivity contribution is -0.0450. The van der Waals surface area contributed by atoms with E-state index >= 15 is 0 Å². The van der Waals surface area contributed by atoms with Gasteiger partial charge in [0, 0.05) is 29.0 Å². The van der Waals surface area contributed by atoms with E-state index in [0.717, 1.165) is 37.8 Å². The monoisotopic (exact) mass is 421 g/mol. The first-order valence-electron chi connectivity index (χ1n) is 10.9. The molecule has 4 saturated carbocycles. The minimum absolute atomic E-state index is 0.139. The highest BCUT2D eigenvalue weighted by molar-refractivity contribution is 5.92. The summed E-state index contributed by atoms with van der Waals surface area (Å²) in [6.45, 7) is 3.63. The summed E-state index contributed by atoms with van der Waals surface area (Å²) in [4.78, 5) is 38.2. The van der Waals surface area contributed by atoms with Crippen LogP contribution in [0.15, 0.2) is 30.5 Å². The van der Waals surface area contributed by atoms with E-state index in [-0.39, 0.29) is 22.9 Å². The lowest BCUT2D eigenvalue weighted by Gasteiger charge is -2.61. The van der Waals surface area contributed by atoms with Crippen LogP contribution in [0.4, 0.5) is 4.79 Å². The zero-order valence-corrected chi connectivity index (χ0v) is 17.9. The van der Waals surface area contributed by atoms with Crippen LogP contribution < -0.4 is 15.4 Å². The molecule has 8 nitrogen and oxygen atoms in total. The number of carbonyl (C=O) groups excluding carboxylic acids is 2. The quantitative estimate of drug-likeness (QED) is 0.786. The summed E-state index contributed by atoms with van der Waals surface area (Å²) in [6, 6.07) is 7.05. The summed E-state index contributed by atoms with van der Waals surface area (Å²) in [5.74, 6) is 1.61. The Labute approximate surface area is 181 Å². The lowest BCUT2D eigenvalue weighted by atomic mass is 9.50. The summed E-state index contributed by atoms with van der Waals surface area (Å²) in [5, 5.41) is 6.46. The van der Waals surface area contributed by atoms with E-state index in [1.54, 1.807) is 25.3 Å². The SMILES string of the molecule is Cc1cccc(C(=O)NC23CC4CC(CC(NC(=O)Oc5ccnc(C)n5)(C4)C2)C3)n1. The third kappa shape index (κ3) is 3.98. The number of amides is 2. The fourth-order valence-electron chi connectivity index (χ4n) is 6.36. The average Bonchev–Trinajstić information content (AvgIpc) is 2.66. The molecule has 4 bridgehead atoms. The number of nitrogens with zero attached hydrogens (tertiary/aromatic N) is 3. The van der Waals surface area contributed by atoms with Gasteiger partial charge in [-0.25, -0.2) is 14.8 Å². The van der Waals surface area contributed by atoms with Crippen molar-refractivity contribution in [2.75, 3.05) is 0 Å². The zero-order valence-electron chi connectivity index (χ0n) is 17.9. The van der Waals surface area contributed by atoms with Gasteiger partial charge >= 0.3 is 6.09 Å². The molecule has 31 heavy (non-hydrogen) atoms. The summed E-state index contributed by atoms with van der Waals surface area (Å²) < 4.78 is 5.43. The topological polar surface area (TPSA) is 106 Å². The zero-order chi connectivity index (χ0) is 21.6. The number of ether oxygens (including phenoxy) is 1. The number of hydrogen-bond donors (Lipinski definition) is 2. The van der Waals surface area contributed by atoms with Gasteiger partial charge in [0.2, 0.25) is 5.88 Å². The van der Waals surface area contributed by atoms with Gasteiger partial charge in [-0.2, -0.15) is 4.98 Å². The number of rotatable bonds is 4. The Balaban J connectivity index is 1.32. The van der Waals surface area contributed by atoms with E-state index in [2.05, 4.69) is 25.6 Å². The fraction of sp³-hybridized carbons (Fsp3) is 0.522. The lowest BCUT2D eigenvalue weighted by Crippen LogP contribution is -2.70. The summed E-state index contributed by atoms with van der Waals surface area (Å²) in [5.41, 5.74) is 0.581. The van der Waals surface area contributed by atoms with Gasteiger partial charge in [0.1, 0.15) is 11.5 Å². The molecule has 2 aromatic rings. The molecule has 8 heteroatoms. The molecule has 0 spiro atoms. The average molecular weight is 422 g/mol. The van der Waals surface area contributed by atoms with Crippen molar-refractivity contribution in [1.82, 2.24) is 25.6 Å². The number of aromatic nitrogens is 3. The van der Waals surface area contributed by atoms with Crippen molar-refractivity contribution in [2.45, 2.75) is 63.5 Å². The van der Waals surface area contributed by atoms with Gasteiger partial charge in [0.25, 0.3) is 5.91 Å².